The number of ether oxygens (including phenoxy) is 1. The van der Waals surface area contributed by atoms with Gasteiger partial charge in [0.2, 0.25) is 5.91 Å². The summed E-state index contributed by atoms with van der Waals surface area (Å²) < 4.78 is 5.45. The van der Waals surface area contributed by atoms with Gasteiger partial charge in [0.05, 0.1) is 23.8 Å². The molecule has 1 aromatic heterocycles. The maximum absolute atomic E-state index is 12.2. The summed E-state index contributed by atoms with van der Waals surface area (Å²) in [6, 6.07) is 0. The summed E-state index contributed by atoms with van der Waals surface area (Å²) >= 11 is 1.32. The number of nitrogens with zero attached hydrogens (tertiary/aromatic N) is 1. The number of aryl methyl sites for hydroxylation is 1. The number of rotatable bonds is 3. The third-order valence-corrected chi connectivity index (χ3v) is 4.21. The van der Waals surface area contributed by atoms with Gasteiger partial charge in [0.25, 0.3) is 0 Å². The van der Waals surface area contributed by atoms with Gasteiger partial charge in [0.15, 0.2) is 5.13 Å². The van der Waals surface area contributed by atoms with Gasteiger partial charge in [-0.15, -0.1) is 11.3 Å². The third-order valence-electron chi connectivity index (χ3n) is 3.34. The van der Waals surface area contributed by atoms with Gasteiger partial charge in [-0.1, -0.05) is 12.2 Å². The molecule has 3 rings (SSSR count). The van der Waals surface area contributed by atoms with Crippen molar-refractivity contribution in [3.8, 4) is 0 Å². The van der Waals surface area contributed by atoms with E-state index in [1.54, 1.807) is 12.2 Å². The molecule has 1 amide bonds. The Balaban J connectivity index is 1.79. The zero-order valence-electron chi connectivity index (χ0n) is 10.1. The van der Waals surface area contributed by atoms with E-state index < -0.39 is 30.0 Å². The Labute approximate surface area is 113 Å². The van der Waals surface area contributed by atoms with Crippen LogP contribution in [0.25, 0.3) is 0 Å². The average Bonchev–Trinajstić information content (AvgIpc) is 3.03. The van der Waals surface area contributed by atoms with Crippen LogP contribution in [-0.2, 0) is 14.3 Å². The zero-order chi connectivity index (χ0) is 13.6. The number of nitrogens with one attached hydrogen (secondary N) is 1. The number of carbonyl (C=O) groups excluding carboxylic acids is 1. The lowest BCUT2D eigenvalue weighted by atomic mass is 9.82. The van der Waals surface area contributed by atoms with E-state index in [9.17, 15) is 14.7 Å². The Hall–Kier alpha value is -1.73. The van der Waals surface area contributed by atoms with Crippen LogP contribution in [0.2, 0.25) is 0 Å². The summed E-state index contributed by atoms with van der Waals surface area (Å²) in [4.78, 5) is 27.6. The lowest BCUT2D eigenvalue weighted by Crippen LogP contribution is -2.39. The Morgan fingerprint density at radius 2 is 2.05 bits per heavy atom. The fraction of sp³-hybridized carbons (Fsp3) is 0.417. The van der Waals surface area contributed by atoms with Gasteiger partial charge in [0, 0.05) is 5.38 Å². The Morgan fingerprint density at radius 1 is 1.37 bits per heavy atom. The van der Waals surface area contributed by atoms with Gasteiger partial charge in [-0.2, -0.15) is 0 Å². The van der Waals surface area contributed by atoms with E-state index in [0.717, 1.165) is 5.69 Å². The molecule has 19 heavy (non-hydrogen) atoms. The highest BCUT2D eigenvalue weighted by molar-refractivity contribution is 7.13. The second-order valence-electron chi connectivity index (χ2n) is 4.62. The van der Waals surface area contributed by atoms with Gasteiger partial charge < -0.3 is 15.2 Å². The van der Waals surface area contributed by atoms with Crippen molar-refractivity contribution >= 4 is 28.3 Å². The number of carboxylic acids is 1. The van der Waals surface area contributed by atoms with Crippen molar-refractivity contribution in [3.05, 3.63) is 23.2 Å². The number of carbonyl (C=O) groups is 2. The summed E-state index contributed by atoms with van der Waals surface area (Å²) in [5.41, 5.74) is 0.819. The van der Waals surface area contributed by atoms with Gasteiger partial charge in [0.1, 0.15) is 5.92 Å². The van der Waals surface area contributed by atoms with E-state index in [0.29, 0.717) is 5.13 Å². The largest absolute Gasteiger partial charge is 0.481 e. The Morgan fingerprint density at radius 3 is 2.63 bits per heavy atom. The van der Waals surface area contributed by atoms with E-state index in [1.165, 1.54) is 11.3 Å². The highest BCUT2D eigenvalue weighted by Crippen LogP contribution is 2.39. The second kappa shape index (κ2) is 4.43. The number of anilines is 1. The predicted octanol–water partition coefficient (Wildman–Crippen LogP) is 1.04. The predicted molar refractivity (Wildman–Crippen MR) is 67.9 cm³/mol. The van der Waals surface area contributed by atoms with Crippen LogP contribution >= 0.6 is 11.3 Å². The van der Waals surface area contributed by atoms with Crippen LogP contribution in [0, 0.1) is 18.8 Å². The van der Waals surface area contributed by atoms with Crippen molar-refractivity contribution in [3.63, 3.8) is 0 Å². The highest BCUT2D eigenvalue weighted by Gasteiger charge is 2.53. The highest BCUT2D eigenvalue weighted by atomic mass is 32.1. The molecule has 100 valence electrons. The minimum Gasteiger partial charge on any atom is -0.481 e. The van der Waals surface area contributed by atoms with Crippen molar-refractivity contribution < 1.29 is 19.4 Å². The zero-order valence-corrected chi connectivity index (χ0v) is 10.9. The van der Waals surface area contributed by atoms with Crippen molar-refractivity contribution in [1.82, 2.24) is 4.98 Å². The van der Waals surface area contributed by atoms with Gasteiger partial charge >= 0.3 is 5.97 Å². The molecule has 0 unspecified atom stereocenters. The summed E-state index contributed by atoms with van der Waals surface area (Å²) in [5.74, 6) is -2.88. The first kappa shape index (κ1) is 12.3. The maximum Gasteiger partial charge on any atom is 0.310 e. The van der Waals surface area contributed by atoms with Crippen LogP contribution in [0.5, 0.6) is 0 Å². The minimum atomic E-state index is -1.01. The van der Waals surface area contributed by atoms with E-state index in [1.807, 2.05) is 12.3 Å². The molecule has 0 aromatic carbocycles. The number of aromatic nitrogens is 1. The molecule has 0 aliphatic carbocycles. The van der Waals surface area contributed by atoms with Crippen molar-refractivity contribution in [2.45, 2.75) is 19.1 Å². The molecule has 0 radical (unpaired) electrons. The van der Waals surface area contributed by atoms with Crippen molar-refractivity contribution in [2.75, 3.05) is 5.32 Å². The van der Waals surface area contributed by atoms with Gasteiger partial charge in [-0.3, -0.25) is 9.59 Å². The van der Waals surface area contributed by atoms with Crippen LogP contribution in [-0.4, -0.2) is 34.2 Å². The SMILES string of the molecule is Cc1csc(NC(=O)[C@H]2[C@@H](C(=O)O)[C@H]3C=C[C@@H]2O3)n1. The molecule has 2 aliphatic rings. The molecule has 2 N–H and O–H groups in total. The number of thiazole rings is 1. The first-order valence-corrected chi connectivity index (χ1v) is 6.74. The van der Waals surface area contributed by atoms with E-state index >= 15 is 0 Å². The number of fused-ring (bicyclic) bond motifs is 2. The molecule has 2 aliphatic heterocycles. The number of hydrogen-bond donors (Lipinski definition) is 2. The number of hydrogen-bond acceptors (Lipinski definition) is 5. The van der Waals surface area contributed by atoms with Crippen molar-refractivity contribution in [1.29, 1.82) is 0 Å². The summed E-state index contributed by atoms with van der Waals surface area (Å²) in [6.07, 6.45) is 2.51. The second-order valence-corrected chi connectivity index (χ2v) is 5.48. The quantitative estimate of drug-likeness (QED) is 0.808. The first-order valence-electron chi connectivity index (χ1n) is 5.86. The fourth-order valence-electron chi connectivity index (χ4n) is 2.52. The molecule has 2 bridgehead atoms. The third kappa shape index (κ3) is 2.04. The molecule has 1 saturated heterocycles. The summed E-state index contributed by atoms with van der Waals surface area (Å²) in [6.45, 7) is 1.83. The van der Waals surface area contributed by atoms with Crippen molar-refractivity contribution in [2.24, 2.45) is 11.8 Å². The van der Waals surface area contributed by atoms with Crippen LogP contribution in [0.4, 0.5) is 5.13 Å². The monoisotopic (exact) mass is 280 g/mol. The molecule has 0 spiro atoms. The maximum atomic E-state index is 12.2. The summed E-state index contributed by atoms with van der Waals surface area (Å²) in [5, 5.41) is 14.2. The molecule has 6 nitrogen and oxygen atoms in total. The number of aliphatic carboxylic acids is 1. The molecule has 7 heteroatoms. The van der Waals surface area contributed by atoms with Crippen LogP contribution in [0.15, 0.2) is 17.5 Å². The minimum absolute atomic E-state index is 0.349. The first-order chi connectivity index (χ1) is 9.06. The van der Waals surface area contributed by atoms with Crippen LogP contribution in [0.3, 0.4) is 0 Å². The molecule has 3 heterocycles. The molecular weight excluding hydrogens is 268 g/mol. The van der Waals surface area contributed by atoms with Crippen LogP contribution < -0.4 is 5.32 Å². The molecule has 4 atom stereocenters. The number of amides is 1. The topological polar surface area (TPSA) is 88.5 Å². The summed E-state index contributed by atoms with van der Waals surface area (Å²) in [7, 11) is 0. The Bertz CT molecular complexity index is 568. The van der Waals surface area contributed by atoms with Gasteiger partial charge in [-0.05, 0) is 6.92 Å². The standard InChI is InChI=1S/C12H12N2O4S/c1-5-4-19-12(13-5)14-10(15)8-6-2-3-7(18-6)9(8)11(16)17/h2-4,6-9H,1H3,(H,16,17)(H,13,14,15)/t6-,7+,8+,9-/m0/s1. The molecule has 1 aromatic rings. The van der Waals surface area contributed by atoms with E-state index in [4.69, 9.17) is 4.74 Å². The molecular formula is C12H12N2O4S. The number of carboxylic acid groups (broad SMARTS) is 1. The lowest BCUT2D eigenvalue weighted by molar-refractivity contribution is -0.145. The lowest BCUT2D eigenvalue weighted by Gasteiger charge is -2.20. The fourth-order valence-corrected chi connectivity index (χ4v) is 3.21. The smallest absolute Gasteiger partial charge is 0.310 e. The molecule has 1 fully saturated rings. The Kier molecular flexibility index (Phi) is 2.87. The normalized spacial score (nSPS) is 31.6. The van der Waals surface area contributed by atoms with Gasteiger partial charge in [-0.25, -0.2) is 4.98 Å². The van der Waals surface area contributed by atoms with E-state index in [-0.39, 0.29) is 5.91 Å². The average molecular weight is 280 g/mol. The van der Waals surface area contributed by atoms with Crippen LogP contribution in [0.1, 0.15) is 5.69 Å². The molecule has 0 saturated carbocycles. The van der Waals surface area contributed by atoms with E-state index in [2.05, 4.69) is 10.3 Å².